The lowest BCUT2D eigenvalue weighted by Gasteiger charge is -2.29. The summed E-state index contributed by atoms with van der Waals surface area (Å²) in [5.74, 6) is 0. The Bertz CT molecular complexity index is 2880. The van der Waals surface area contributed by atoms with E-state index < -0.39 is 0 Å². The summed E-state index contributed by atoms with van der Waals surface area (Å²) in [7, 11) is 0. The van der Waals surface area contributed by atoms with Crippen LogP contribution in [0.1, 0.15) is 0 Å². The third-order valence-corrected chi connectivity index (χ3v) is 11.5. The molecule has 0 saturated heterocycles. The topological polar surface area (TPSA) is 3.24 Å². The van der Waals surface area contributed by atoms with Crippen molar-refractivity contribution in [2.45, 2.75) is 0 Å². The average molecular weight is 680 g/mol. The molecule has 0 amide bonds. The maximum Gasteiger partial charge on any atom is 0.0547 e. The SMILES string of the molecule is c1ccc(-c2ccc(-c3cccc(N(c4cccc5ccccc45)c4cc5c6cccc(-c7ccccc7)c6sc5c5ccccc45)c3)cc2)cc1. The van der Waals surface area contributed by atoms with Gasteiger partial charge in [-0.1, -0.05) is 176 Å². The van der Waals surface area contributed by atoms with Gasteiger partial charge in [0.15, 0.2) is 0 Å². The molecule has 0 bridgehead atoms. The van der Waals surface area contributed by atoms with Crippen LogP contribution in [0.25, 0.3) is 75.1 Å². The predicted molar refractivity (Wildman–Crippen MR) is 225 cm³/mol. The van der Waals surface area contributed by atoms with Crippen LogP contribution >= 0.6 is 11.3 Å². The van der Waals surface area contributed by atoms with Crippen molar-refractivity contribution < 1.29 is 0 Å². The Hall–Kier alpha value is -6.48. The van der Waals surface area contributed by atoms with Crippen LogP contribution in [-0.2, 0) is 0 Å². The minimum atomic E-state index is 1.12. The highest BCUT2D eigenvalue weighted by atomic mass is 32.1. The summed E-state index contributed by atoms with van der Waals surface area (Å²) >= 11 is 1.91. The molecule has 0 aliphatic heterocycles. The molecule has 0 atom stereocenters. The number of rotatable bonds is 6. The second-order valence-corrected chi connectivity index (χ2v) is 14.3. The zero-order valence-electron chi connectivity index (χ0n) is 28.4. The molecular formula is C50H33NS. The van der Waals surface area contributed by atoms with Gasteiger partial charge in [0.25, 0.3) is 0 Å². The molecule has 0 unspecified atom stereocenters. The highest BCUT2D eigenvalue weighted by Crippen LogP contribution is 2.49. The second-order valence-electron chi connectivity index (χ2n) is 13.3. The molecule has 0 aliphatic rings. The number of anilines is 3. The zero-order chi connectivity index (χ0) is 34.4. The lowest BCUT2D eigenvalue weighted by molar-refractivity contribution is 1.32. The molecule has 9 aromatic carbocycles. The van der Waals surface area contributed by atoms with Gasteiger partial charge in [0.05, 0.1) is 11.4 Å². The number of benzene rings is 9. The van der Waals surface area contributed by atoms with Crippen LogP contribution in [0.2, 0.25) is 0 Å². The quantitative estimate of drug-likeness (QED) is 0.169. The van der Waals surface area contributed by atoms with Crippen LogP contribution in [0.5, 0.6) is 0 Å². The van der Waals surface area contributed by atoms with Gasteiger partial charge in [0.2, 0.25) is 0 Å². The van der Waals surface area contributed by atoms with E-state index in [2.05, 4.69) is 205 Å². The van der Waals surface area contributed by atoms with Gasteiger partial charge in [0.1, 0.15) is 0 Å². The summed E-state index contributed by atoms with van der Waals surface area (Å²) in [4.78, 5) is 2.48. The van der Waals surface area contributed by atoms with E-state index in [9.17, 15) is 0 Å². The summed E-state index contributed by atoms with van der Waals surface area (Å²) in [6, 6.07) is 72.8. The van der Waals surface area contributed by atoms with Crippen LogP contribution in [0.15, 0.2) is 200 Å². The lowest BCUT2D eigenvalue weighted by Crippen LogP contribution is -2.11. The zero-order valence-corrected chi connectivity index (χ0v) is 29.2. The Morgan fingerprint density at radius 3 is 1.63 bits per heavy atom. The average Bonchev–Trinajstić information content (AvgIpc) is 3.61. The molecule has 0 aliphatic carbocycles. The molecule has 1 heterocycles. The molecule has 0 N–H and O–H groups in total. The fourth-order valence-corrected chi connectivity index (χ4v) is 9.11. The van der Waals surface area contributed by atoms with E-state index >= 15 is 0 Å². The van der Waals surface area contributed by atoms with E-state index in [1.54, 1.807) is 0 Å². The first-order valence-corrected chi connectivity index (χ1v) is 18.6. The summed E-state index contributed by atoms with van der Waals surface area (Å²) < 4.78 is 2.64. The standard InChI is InChI=1S/C50H33NS/c1-3-14-34(15-4-1)35-28-30-36(31-29-35)39-20-11-21-40(32-39)51(47-27-12-19-37-18-7-8-22-41(37)47)48-33-46-45-26-13-25-42(38-16-5-2-6-17-38)49(45)52-50(46)44-24-10-9-23-43(44)48/h1-33H. The maximum absolute atomic E-state index is 2.48. The number of fused-ring (bicyclic) bond motifs is 6. The fourth-order valence-electron chi connectivity index (χ4n) is 7.75. The highest BCUT2D eigenvalue weighted by Gasteiger charge is 2.22. The smallest absolute Gasteiger partial charge is 0.0547 e. The molecule has 52 heavy (non-hydrogen) atoms. The second kappa shape index (κ2) is 12.7. The van der Waals surface area contributed by atoms with E-state index in [4.69, 9.17) is 0 Å². The van der Waals surface area contributed by atoms with E-state index in [-0.39, 0.29) is 0 Å². The van der Waals surface area contributed by atoms with Crippen molar-refractivity contribution in [3.05, 3.63) is 200 Å². The molecule has 0 fully saturated rings. The first kappa shape index (κ1) is 30.4. The summed E-state index contributed by atoms with van der Waals surface area (Å²) in [5.41, 5.74) is 10.8. The summed E-state index contributed by atoms with van der Waals surface area (Å²) in [6.45, 7) is 0. The number of thiophene rings is 1. The van der Waals surface area contributed by atoms with Crippen molar-refractivity contribution in [2.24, 2.45) is 0 Å². The number of nitrogens with zero attached hydrogens (tertiary/aromatic N) is 1. The third-order valence-electron chi connectivity index (χ3n) is 10.2. The molecule has 10 aromatic rings. The summed E-state index contributed by atoms with van der Waals surface area (Å²) in [5, 5.41) is 7.51. The molecule has 0 radical (unpaired) electrons. The van der Waals surface area contributed by atoms with E-state index in [1.807, 2.05) is 11.3 Å². The molecule has 244 valence electrons. The first-order chi connectivity index (χ1) is 25.8. The molecule has 1 aromatic heterocycles. The van der Waals surface area contributed by atoms with Gasteiger partial charge in [-0.3, -0.25) is 0 Å². The van der Waals surface area contributed by atoms with E-state index in [0.717, 1.165) is 11.4 Å². The molecule has 0 saturated carbocycles. The van der Waals surface area contributed by atoms with Gasteiger partial charge in [-0.05, 0) is 63.0 Å². The van der Waals surface area contributed by atoms with Crippen LogP contribution in [0, 0.1) is 0 Å². The Morgan fingerprint density at radius 1 is 0.308 bits per heavy atom. The Morgan fingerprint density at radius 2 is 0.846 bits per heavy atom. The predicted octanol–water partition coefficient (Wildman–Crippen LogP) is 14.8. The fraction of sp³-hybridized carbons (Fsp3) is 0. The van der Waals surface area contributed by atoms with Crippen LogP contribution < -0.4 is 4.90 Å². The van der Waals surface area contributed by atoms with Crippen LogP contribution in [0.4, 0.5) is 17.1 Å². The van der Waals surface area contributed by atoms with Crippen molar-refractivity contribution in [2.75, 3.05) is 4.90 Å². The highest BCUT2D eigenvalue weighted by molar-refractivity contribution is 7.27. The normalized spacial score (nSPS) is 11.5. The van der Waals surface area contributed by atoms with Gasteiger partial charge in [0, 0.05) is 42.0 Å². The van der Waals surface area contributed by atoms with Crippen molar-refractivity contribution in [1.82, 2.24) is 0 Å². The van der Waals surface area contributed by atoms with Crippen molar-refractivity contribution in [3.8, 4) is 33.4 Å². The Balaban J connectivity index is 1.22. The van der Waals surface area contributed by atoms with Crippen molar-refractivity contribution >= 4 is 70.1 Å². The Labute approximate surface area is 307 Å². The van der Waals surface area contributed by atoms with Gasteiger partial charge in [-0.15, -0.1) is 11.3 Å². The summed E-state index contributed by atoms with van der Waals surface area (Å²) in [6.07, 6.45) is 0. The monoisotopic (exact) mass is 679 g/mol. The third kappa shape index (κ3) is 5.16. The van der Waals surface area contributed by atoms with E-state index in [1.165, 1.54) is 80.8 Å². The molecule has 1 nitrogen and oxygen atoms in total. The van der Waals surface area contributed by atoms with Crippen LogP contribution in [0.3, 0.4) is 0 Å². The van der Waals surface area contributed by atoms with Gasteiger partial charge >= 0.3 is 0 Å². The van der Waals surface area contributed by atoms with Gasteiger partial charge < -0.3 is 4.90 Å². The largest absolute Gasteiger partial charge is 0.309 e. The van der Waals surface area contributed by atoms with Crippen molar-refractivity contribution in [1.29, 1.82) is 0 Å². The van der Waals surface area contributed by atoms with Gasteiger partial charge in [-0.2, -0.15) is 0 Å². The minimum Gasteiger partial charge on any atom is -0.309 e. The van der Waals surface area contributed by atoms with E-state index in [0.29, 0.717) is 0 Å². The van der Waals surface area contributed by atoms with Gasteiger partial charge in [-0.25, -0.2) is 0 Å². The number of hydrogen-bond acceptors (Lipinski definition) is 2. The molecule has 10 rings (SSSR count). The molecule has 0 spiro atoms. The maximum atomic E-state index is 2.48. The van der Waals surface area contributed by atoms with Crippen molar-refractivity contribution in [3.63, 3.8) is 0 Å². The minimum absolute atomic E-state index is 1.12. The Kier molecular flexibility index (Phi) is 7.41. The number of hydrogen-bond donors (Lipinski definition) is 0. The first-order valence-electron chi connectivity index (χ1n) is 17.8. The molecular weight excluding hydrogens is 647 g/mol. The molecule has 2 heteroatoms. The van der Waals surface area contributed by atoms with Crippen LogP contribution in [-0.4, -0.2) is 0 Å². The lowest BCUT2D eigenvalue weighted by atomic mass is 9.98.